The molecule has 0 bridgehead atoms. The van der Waals surface area contributed by atoms with Crippen LogP contribution in [0.15, 0.2) is 18.2 Å². The third kappa shape index (κ3) is 11.7. The number of hydrogen-bond donors (Lipinski definition) is 0. The fraction of sp³-hybridized carbons (Fsp3) is 0.714. The molecule has 0 aliphatic rings. The Labute approximate surface area is 196 Å². The van der Waals surface area contributed by atoms with Gasteiger partial charge < -0.3 is 9.47 Å². The third-order valence-corrected chi connectivity index (χ3v) is 5.84. The number of unbranched alkanes of at least 4 members (excludes halogenated alkanes) is 11. The van der Waals surface area contributed by atoms with Crippen LogP contribution in [0.3, 0.4) is 0 Å². The molecule has 4 nitrogen and oxygen atoms in total. The molecule has 0 aliphatic heterocycles. The first-order valence-corrected chi connectivity index (χ1v) is 13.1. The van der Waals surface area contributed by atoms with Gasteiger partial charge in [-0.1, -0.05) is 104 Å². The van der Waals surface area contributed by atoms with E-state index in [1.165, 1.54) is 51.4 Å². The SMILES string of the molecule is CCCCCCCCOC(=O)c1c(CCCCCCCC)cccc1C(=O)OCCCC. The molecule has 0 radical (unpaired) electrons. The zero-order valence-corrected chi connectivity index (χ0v) is 20.9. The van der Waals surface area contributed by atoms with E-state index in [9.17, 15) is 9.59 Å². The maximum Gasteiger partial charge on any atom is 0.339 e. The lowest BCUT2D eigenvalue weighted by atomic mass is 9.96. The Bertz CT molecular complexity index is 638. The van der Waals surface area contributed by atoms with Crippen LogP contribution in [-0.2, 0) is 15.9 Å². The van der Waals surface area contributed by atoms with Crippen LogP contribution in [0.5, 0.6) is 0 Å². The number of benzene rings is 1. The number of ether oxygens (including phenoxy) is 2. The van der Waals surface area contributed by atoms with Gasteiger partial charge in [-0.2, -0.15) is 0 Å². The minimum absolute atomic E-state index is 0.345. The Hall–Kier alpha value is -1.84. The molecule has 0 unspecified atom stereocenters. The predicted molar refractivity (Wildman–Crippen MR) is 132 cm³/mol. The Morgan fingerprint density at radius 1 is 0.625 bits per heavy atom. The average molecular weight is 447 g/mol. The van der Waals surface area contributed by atoms with Crippen molar-refractivity contribution in [2.45, 2.75) is 117 Å². The Morgan fingerprint density at radius 3 is 1.81 bits per heavy atom. The van der Waals surface area contributed by atoms with E-state index in [1.807, 2.05) is 12.1 Å². The third-order valence-electron chi connectivity index (χ3n) is 5.84. The second kappa shape index (κ2) is 18.7. The summed E-state index contributed by atoms with van der Waals surface area (Å²) in [7, 11) is 0. The molecule has 1 rings (SSSR count). The van der Waals surface area contributed by atoms with E-state index in [1.54, 1.807) is 6.07 Å². The molecule has 0 fully saturated rings. The molecule has 0 saturated heterocycles. The topological polar surface area (TPSA) is 52.6 Å². The highest BCUT2D eigenvalue weighted by molar-refractivity contribution is 6.04. The van der Waals surface area contributed by atoms with Crippen LogP contribution in [0.1, 0.15) is 137 Å². The van der Waals surface area contributed by atoms with Crippen molar-refractivity contribution in [3.05, 3.63) is 34.9 Å². The number of carbonyl (C=O) groups excluding carboxylic acids is 2. The molecule has 0 atom stereocenters. The van der Waals surface area contributed by atoms with E-state index in [2.05, 4.69) is 20.8 Å². The van der Waals surface area contributed by atoms with E-state index < -0.39 is 5.97 Å². The summed E-state index contributed by atoms with van der Waals surface area (Å²) in [6, 6.07) is 5.50. The van der Waals surface area contributed by atoms with E-state index in [4.69, 9.17) is 9.47 Å². The van der Waals surface area contributed by atoms with Gasteiger partial charge in [0.1, 0.15) is 0 Å². The number of carbonyl (C=O) groups is 2. The lowest BCUT2D eigenvalue weighted by Gasteiger charge is -2.14. The first-order chi connectivity index (χ1) is 15.7. The van der Waals surface area contributed by atoms with Gasteiger partial charge in [0.2, 0.25) is 0 Å². The molecular weight excluding hydrogens is 400 g/mol. The highest BCUT2D eigenvalue weighted by atomic mass is 16.5. The molecule has 0 amide bonds. The molecular formula is C28H46O4. The molecule has 4 heteroatoms. The molecule has 0 saturated carbocycles. The van der Waals surface area contributed by atoms with Gasteiger partial charge in [0.05, 0.1) is 24.3 Å². The Morgan fingerprint density at radius 2 is 1.16 bits per heavy atom. The molecule has 1 aromatic carbocycles. The lowest BCUT2D eigenvalue weighted by molar-refractivity contribution is 0.0450. The van der Waals surface area contributed by atoms with E-state index >= 15 is 0 Å². The zero-order valence-electron chi connectivity index (χ0n) is 20.9. The summed E-state index contributed by atoms with van der Waals surface area (Å²) in [6.45, 7) is 7.26. The standard InChI is InChI=1S/C28H46O4/c1-4-7-10-12-14-16-19-24-20-18-21-25(27(29)31-22-9-6-3)26(24)28(30)32-23-17-15-13-11-8-5-2/h18,20-21H,4-17,19,22-23H2,1-3H3. The maximum atomic E-state index is 13.0. The first kappa shape index (κ1) is 28.2. The highest BCUT2D eigenvalue weighted by Gasteiger charge is 2.23. The van der Waals surface area contributed by atoms with Crippen LogP contribution >= 0.6 is 0 Å². The number of aryl methyl sites for hydroxylation is 1. The van der Waals surface area contributed by atoms with Crippen molar-refractivity contribution in [2.75, 3.05) is 13.2 Å². The summed E-state index contributed by atoms with van der Waals surface area (Å²) in [6.07, 6.45) is 16.5. The quantitative estimate of drug-likeness (QED) is 0.159. The van der Waals surface area contributed by atoms with Gasteiger partial charge >= 0.3 is 11.9 Å². The number of rotatable bonds is 19. The summed E-state index contributed by atoms with van der Waals surface area (Å²) < 4.78 is 11.0. The fourth-order valence-electron chi connectivity index (χ4n) is 3.82. The summed E-state index contributed by atoms with van der Waals surface area (Å²) in [4.78, 5) is 25.7. The van der Waals surface area contributed by atoms with Crippen LogP contribution in [0, 0.1) is 0 Å². The lowest BCUT2D eigenvalue weighted by Crippen LogP contribution is -2.17. The summed E-state index contributed by atoms with van der Waals surface area (Å²) in [5, 5.41) is 0. The summed E-state index contributed by atoms with van der Waals surface area (Å²) >= 11 is 0. The molecule has 0 N–H and O–H groups in total. The monoisotopic (exact) mass is 446 g/mol. The zero-order chi connectivity index (χ0) is 23.4. The second-order valence-corrected chi connectivity index (χ2v) is 8.75. The van der Waals surface area contributed by atoms with Crippen molar-refractivity contribution in [1.82, 2.24) is 0 Å². The Balaban J connectivity index is 2.77. The van der Waals surface area contributed by atoms with E-state index in [-0.39, 0.29) is 5.97 Å². The largest absolute Gasteiger partial charge is 0.462 e. The van der Waals surface area contributed by atoms with Gasteiger partial charge in [-0.05, 0) is 37.3 Å². The average Bonchev–Trinajstić information content (AvgIpc) is 2.80. The second-order valence-electron chi connectivity index (χ2n) is 8.75. The van der Waals surface area contributed by atoms with Crippen LogP contribution in [-0.4, -0.2) is 25.2 Å². The van der Waals surface area contributed by atoms with Crippen LogP contribution in [0.2, 0.25) is 0 Å². The van der Waals surface area contributed by atoms with Crippen molar-refractivity contribution in [2.24, 2.45) is 0 Å². The highest BCUT2D eigenvalue weighted by Crippen LogP contribution is 2.21. The van der Waals surface area contributed by atoms with Crippen molar-refractivity contribution >= 4 is 11.9 Å². The number of hydrogen-bond acceptors (Lipinski definition) is 4. The smallest absolute Gasteiger partial charge is 0.339 e. The summed E-state index contributed by atoms with van der Waals surface area (Å²) in [5.74, 6) is -0.808. The predicted octanol–water partition coefficient (Wildman–Crippen LogP) is 8.06. The first-order valence-electron chi connectivity index (χ1n) is 13.1. The van der Waals surface area contributed by atoms with Gasteiger partial charge in [-0.25, -0.2) is 9.59 Å². The summed E-state index contributed by atoms with van der Waals surface area (Å²) in [5.41, 5.74) is 1.66. The van der Waals surface area contributed by atoms with E-state index in [0.29, 0.717) is 24.3 Å². The maximum absolute atomic E-state index is 13.0. The van der Waals surface area contributed by atoms with Crippen molar-refractivity contribution in [1.29, 1.82) is 0 Å². The van der Waals surface area contributed by atoms with Crippen molar-refractivity contribution in [3.63, 3.8) is 0 Å². The van der Waals surface area contributed by atoms with Gasteiger partial charge in [0.25, 0.3) is 0 Å². The molecule has 0 aliphatic carbocycles. The minimum atomic E-state index is -0.422. The van der Waals surface area contributed by atoms with Crippen LogP contribution < -0.4 is 0 Å². The molecule has 182 valence electrons. The Kier molecular flexibility index (Phi) is 16.5. The number of esters is 2. The minimum Gasteiger partial charge on any atom is -0.462 e. The van der Waals surface area contributed by atoms with E-state index in [0.717, 1.165) is 50.5 Å². The van der Waals surface area contributed by atoms with Crippen LogP contribution in [0.25, 0.3) is 0 Å². The molecule has 32 heavy (non-hydrogen) atoms. The van der Waals surface area contributed by atoms with Gasteiger partial charge in [-0.15, -0.1) is 0 Å². The normalized spacial score (nSPS) is 10.8. The van der Waals surface area contributed by atoms with Crippen LogP contribution in [0.4, 0.5) is 0 Å². The van der Waals surface area contributed by atoms with Crippen molar-refractivity contribution in [3.8, 4) is 0 Å². The van der Waals surface area contributed by atoms with Gasteiger partial charge in [-0.3, -0.25) is 0 Å². The fourth-order valence-corrected chi connectivity index (χ4v) is 3.82. The van der Waals surface area contributed by atoms with Gasteiger partial charge in [0.15, 0.2) is 0 Å². The molecule has 0 aromatic heterocycles. The van der Waals surface area contributed by atoms with Gasteiger partial charge in [0, 0.05) is 0 Å². The molecule has 0 spiro atoms. The van der Waals surface area contributed by atoms with Crippen molar-refractivity contribution < 1.29 is 19.1 Å². The molecule has 1 aromatic rings. The molecule has 0 heterocycles.